The van der Waals surface area contributed by atoms with Gasteiger partial charge in [0.1, 0.15) is 0 Å². The van der Waals surface area contributed by atoms with E-state index in [9.17, 15) is 9.90 Å². The van der Waals surface area contributed by atoms with E-state index in [1.54, 1.807) is 6.07 Å². The quantitative estimate of drug-likeness (QED) is 0.811. The average Bonchev–Trinajstić information content (AvgIpc) is 2.10. The van der Waals surface area contributed by atoms with E-state index in [-0.39, 0.29) is 5.56 Å². The van der Waals surface area contributed by atoms with Crippen molar-refractivity contribution in [3.05, 3.63) is 31.7 Å². The molecule has 1 aromatic rings. The van der Waals surface area contributed by atoms with Crippen LogP contribution >= 0.6 is 43.5 Å². The van der Waals surface area contributed by atoms with E-state index >= 15 is 0 Å². The van der Waals surface area contributed by atoms with Crippen LogP contribution in [0.5, 0.6) is 0 Å². The number of aliphatic hydroxyl groups is 1. The fourth-order valence-corrected chi connectivity index (χ4v) is 2.26. The normalized spacial score (nSPS) is 12.6. The first-order valence-electron chi connectivity index (χ1n) is 3.48. The largest absolute Gasteiger partial charge is 0.479 e. The van der Waals surface area contributed by atoms with E-state index < -0.39 is 12.1 Å². The van der Waals surface area contributed by atoms with Crippen molar-refractivity contribution in [1.29, 1.82) is 0 Å². The van der Waals surface area contributed by atoms with Gasteiger partial charge in [0.2, 0.25) is 0 Å². The molecule has 2 N–H and O–H groups in total. The predicted molar refractivity (Wildman–Crippen MR) is 59.4 cm³/mol. The second kappa shape index (κ2) is 4.61. The molecule has 0 fully saturated rings. The standard InChI is InChI=1S/C8H5Br2ClO3/c9-4-2-5(10)6(11)1-3(4)7(12)8(13)14/h1-2,7,12H,(H,13,14). The maximum atomic E-state index is 10.5. The number of rotatable bonds is 2. The van der Waals surface area contributed by atoms with Gasteiger partial charge in [0.05, 0.1) is 5.02 Å². The third-order valence-corrected chi connectivity index (χ3v) is 3.45. The number of benzene rings is 1. The molecule has 14 heavy (non-hydrogen) atoms. The smallest absolute Gasteiger partial charge is 0.337 e. The van der Waals surface area contributed by atoms with Crippen molar-refractivity contribution >= 4 is 49.4 Å². The summed E-state index contributed by atoms with van der Waals surface area (Å²) in [4.78, 5) is 10.5. The minimum atomic E-state index is -1.57. The number of halogens is 3. The van der Waals surface area contributed by atoms with Crippen molar-refractivity contribution in [2.45, 2.75) is 6.10 Å². The number of carbonyl (C=O) groups is 1. The number of aliphatic hydroxyl groups excluding tert-OH is 1. The van der Waals surface area contributed by atoms with Crippen molar-refractivity contribution in [3.8, 4) is 0 Å². The van der Waals surface area contributed by atoms with Gasteiger partial charge in [-0.25, -0.2) is 4.79 Å². The summed E-state index contributed by atoms with van der Waals surface area (Å²) in [6.07, 6.45) is -1.57. The minimum Gasteiger partial charge on any atom is -0.479 e. The molecule has 1 atom stereocenters. The van der Waals surface area contributed by atoms with Crippen LogP contribution in [0, 0.1) is 0 Å². The average molecular weight is 344 g/mol. The zero-order chi connectivity index (χ0) is 10.9. The van der Waals surface area contributed by atoms with Gasteiger partial charge in [-0.2, -0.15) is 0 Å². The first-order chi connectivity index (χ1) is 6.43. The summed E-state index contributed by atoms with van der Waals surface area (Å²) in [5.74, 6) is -1.32. The summed E-state index contributed by atoms with van der Waals surface area (Å²) in [6, 6.07) is 2.98. The van der Waals surface area contributed by atoms with Crippen molar-refractivity contribution in [2.75, 3.05) is 0 Å². The highest BCUT2D eigenvalue weighted by molar-refractivity contribution is 9.11. The van der Waals surface area contributed by atoms with Gasteiger partial charge < -0.3 is 10.2 Å². The molecular weight excluding hydrogens is 339 g/mol. The van der Waals surface area contributed by atoms with Crippen LogP contribution in [0.3, 0.4) is 0 Å². The summed E-state index contributed by atoms with van der Waals surface area (Å²) in [6.45, 7) is 0. The minimum absolute atomic E-state index is 0.228. The van der Waals surface area contributed by atoms with Crippen LogP contribution in [0.1, 0.15) is 11.7 Å². The molecule has 0 aliphatic rings. The maximum absolute atomic E-state index is 10.5. The summed E-state index contributed by atoms with van der Waals surface area (Å²) < 4.78 is 1.12. The van der Waals surface area contributed by atoms with Crippen LogP contribution < -0.4 is 0 Å². The lowest BCUT2D eigenvalue weighted by Crippen LogP contribution is -2.11. The molecule has 0 amide bonds. The highest BCUT2D eigenvalue weighted by Crippen LogP contribution is 2.32. The van der Waals surface area contributed by atoms with E-state index in [0.717, 1.165) is 0 Å². The predicted octanol–water partition coefficient (Wildman–Crippen LogP) is 2.98. The van der Waals surface area contributed by atoms with Crippen LogP contribution in [-0.2, 0) is 4.79 Å². The summed E-state index contributed by atoms with van der Waals surface area (Å²) in [5, 5.41) is 18.2. The van der Waals surface area contributed by atoms with Gasteiger partial charge in [0.15, 0.2) is 6.10 Å². The topological polar surface area (TPSA) is 57.5 Å². The highest BCUT2D eigenvalue weighted by atomic mass is 79.9. The van der Waals surface area contributed by atoms with Crippen molar-refractivity contribution in [2.24, 2.45) is 0 Å². The Bertz CT molecular complexity index is 381. The van der Waals surface area contributed by atoms with Gasteiger partial charge in [-0.3, -0.25) is 0 Å². The fraction of sp³-hybridized carbons (Fsp3) is 0.125. The maximum Gasteiger partial charge on any atom is 0.337 e. The first kappa shape index (κ1) is 12.0. The monoisotopic (exact) mass is 342 g/mol. The molecule has 76 valence electrons. The number of carboxylic acid groups (broad SMARTS) is 1. The number of aliphatic carboxylic acids is 1. The second-order valence-electron chi connectivity index (χ2n) is 2.53. The van der Waals surface area contributed by atoms with Crippen LogP contribution in [0.2, 0.25) is 5.02 Å². The molecule has 0 saturated heterocycles. The SMILES string of the molecule is O=C(O)C(O)c1cc(Cl)c(Br)cc1Br. The van der Waals surface area contributed by atoms with E-state index in [1.165, 1.54) is 6.07 Å². The van der Waals surface area contributed by atoms with Gasteiger partial charge in [-0.15, -0.1) is 0 Å². The molecule has 1 aromatic carbocycles. The number of hydrogen-bond donors (Lipinski definition) is 2. The third kappa shape index (κ3) is 2.48. The highest BCUT2D eigenvalue weighted by Gasteiger charge is 2.19. The van der Waals surface area contributed by atoms with Crippen LogP contribution in [0.15, 0.2) is 21.1 Å². The van der Waals surface area contributed by atoms with Crippen LogP contribution in [-0.4, -0.2) is 16.2 Å². The van der Waals surface area contributed by atoms with Crippen molar-refractivity contribution in [3.63, 3.8) is 0 Å². The van der Waals surface area contributed by atoms with E-state index in [1.807, 2.05) is 0 Å². The molecule has 0 radical (unpaired) electrons. The van der Waals surface area contributed by atoms with E-state index in [0.29, 0.717) is 14.0 Å². The molecule has 0 heterocycles. The first-order valence-corrected chi connectivity index (χ1v) is 5.45. The lowest BCUT2D eigenvalue weighted by atomic mass is 10.1. The second-order valence-corrected chi connectivity index (χ2v) is 4.64. The molecule has 0 aliphatic carbocycles. The zero-order valence-corrected chi connectivity index (χ0v) is 10.6. The Morgan fingerprint density at radius 1 is 1.36 bits per heavy atom. The molecule has 1 unspecified atom stereocenters. The molecule has 0 aromatic heterocycles. The summed E-state index contributed by atoms with van der Waals surface area (Å²) in [5.41, 5.74) is 0.228. The fourth-order valence-electron chi connectivity index (χ4n) is 0.881. The molecule has 0 bridgehead atoms. The Hall–Kier alpha value is -0.100. The zero-order valence-electron chi connectivity index (χ0n) is 6.67. The van der Waals surface area contributed by atoms with Gasteiger partial charge >= 0.3 is 5.97 Å². The van der Waals surface area contributed by atoms with Crippen LogP contribution in [0.4, 0.5) is 0 Å². The lowest BCUT2D eigenvalue weighted by Gasteiger charge is -2.09. The Morgan fingerprint density at radius 3 is 2.43 bits per heavy atom. The Kier molecular flexibility index (Phi) is 3.94. The summed E-state index contributed by atoms with van der Waals surface area (Å²) >= 11 is 12.1. The number of hydrogen-bond acceptors (Lipinski definition) is 2. The third-order valence-electron chi connectivity index (χ3n) is 1.57. The van der Waals surface area contributed by atoms with Gasteiger partial charge in [0, 0.05) is 14.5 Å². The lowest BCUT2D eigenvalue weighted by molar-refractivity contribution is -0.147. The Labute approximate surface area is 102 Å². The molecule has 3 nitrogen and oxygen atoms in total. The summed E-state index contributed by atoms with van der Waals surface area (Å²) in [7, 11) is 0. The Balaban J connectivity index is 3.22. The van der Waals surface area contributed by atoms with E-state index in [4.69, 9.17) is 16.7 Å². The molecule has 6 heteroatoms. The van der Waals surface area contributed by atoms with E-state index in [2.05, 4.69) is 31.9 Å². The van der Waals surface area contributed by atoms with Crippen molar-refractivity contribution in [1.82, 2.24) is 0 Å². The van der Waals surface area contributed by atoms with Gasteiger partial charge in [-0.1, -0.05) is 27.5 Å². The molecular formula is C8H5Br2ClO3. The molecule has 0 saturated carbocycles. The van der Waals surface area contributed by atoms with Crippen LogP contribution in [0.25, 0.3) is 0 Å². The molecule has 0 aliphatic heterocycles. The molecule has 0 spiro atoms. The Morgan fingerprint density at radius 2 is 1.93 bits per heavy atom. The number of carboxylic acids is 1. The van der Waals surface area contributed by atoms with Gasteiger partial charge in [0.25, 0.3) is 0 Å². The van der Waals surface area contributed by atoms with Gasteiger partial charge in [-0.05, 0) is 28.1 Å². The van der Waals surface area contributed by atoms with Crippen molar-refractivity contribution < 1.29 is 15.0 Å². The molecule has 1 rings (SSSR count).